The quantitative estimate of drug-likeness (QED) is 0.457. The van der Waals surface area contributed by atoms with Crippen molar-refractivity contribution in [2.45, 2.75) is 44.1 Å². The van der Waals surface area contributed by atoms with Crippen molar-refractivity contribution in [2.75, 3.05) is 7.05 Å². The molecule has 2 fully saturated rings. The molecule has 2 bridgehead atoms. The first-order valence-electron chi connectivity index (χ1n) is 6.98. The Hall–Kier alpha value is -0.960. The fourth-order valence-electron chi connectivity index (χ4n) is 2.88. The lowest BCUT2D eigenvalue weighted by Gasteiger charge is -2.22. The summed E-state index contributed by atoms with van der Waals surface area (Å²) in [5.41, 5.74) is 0.389. The van der Waals surface area contributed by atoms with Gasteiger partial charge in [-0.15, -0.1) is 24.0 Å². The molecule has 1 aromatic rings. The van der Waals surface area contributed by atoms with Gasteiger partial charge in [0.15, 0.2) is 5.96 Å². The third-order valence-electron chi connectivity index (χ3n) is 3.91. The van der Waals surface area contributed by atoms with Gasteiger partial charge in [0.25, 0.3) is 0 Å². The lowest BCUT2D eigenvalue weighted by molar-refractivity contribution is 0.0992. The molecule has 2 saturated heterocycles. The number of aromatic nitrogens is 1. The van der Waals surface area contributed by atoms with Crippen LogP contribution in [0.25, 0.3) is 0 Å². The zero-order valence-corrected chi connectivity index (χ0v) is 14.2. The molecule has 2 N–H and O–H groups in total. The molecular formula is C14H20FIN4O. The maximum absolute atomic E-state index is 13.5. The summed E-state index contributed by atoms with van der Waals surface area (Å²) in [7, 11) is 1.71. The maximum atomic E-state index is 13.5. The first-order chi connectivity index (χ1) is 9.76. The molecule has 1 aromatic heterocycles. The molecule has 3 unspecified atom stereocenters. The van der Waals surface area contributed by atoms with Gasteiger partial charge in [0, 0.05) is 13.2 Å². The number of halogens is 2. The van der Waals surface area contributed by atoms with Gasteiger partial charge < -0.3 is 15.4 Å². The molecule has 2 aliphatic rings. The number of hydrogen-bond acceptors (Lipinski definition) is 3. The van der Waals surface area contributed by atoms with Crippen LogP contribution in [0.15, 0.2) is 23.3 Å². The molecule has 116 valence electrons. The van der Waals surface area contributed by atoms with Gasteiger partial charge >= 0.3 is 0 Å². The van der Waals surface area contributed by atoms with Crippen LogP contribution >= 0.6 is 24.0 Å². The molecule has 0 aromatic carbocycles. The number of fused-ring (bicyclic) bond motifs is 2. The van der Waals surface area contributed by atoms with Crippen molar-refractivity contribution in [1.29, 1.82) is 0 Å². The van der Waals surface area contributed by atoms with Gasteiger partial charge in [-0.2, -0.15) is 0 Å². The molecule has 3 atom stereocenters. The molecule has 0 saturated carbocycles. The predicted octanol–water partition coefficient (Wildman–Crippen LogP) is 1.82. The molecular weight excluding hydrogens is 386 g/mol. The van der Waals surface area contributed by atoms with E-state index in [4.69, 9.17) is 4.74 Å². The third kappa shape index (κ3) is 3.82. The fraction of sp³-hybridized carbons (Fsp3) is 0.571. The van der Waals surface area contributed by atoms with E-state index in [1.54, 1.807) is 19.3 Å². The van der Waals surface area contributed by atoms with Crippen LogP contribution in [0.2, 0.25) is 0 Å². The number of ether oxygens (including phenoxy) is 1. The number of pyridine rings is 1. The third-order valence-corrected chi connectivity index (χ3v) is 3.91. The Kier molecular flexibility index (Phi) is 5.74. The van der Waals surface area contributed by atoms with Crippen LogP contribution in [0.4, 0.5) is 4.39 Å². The Bertz CT molecular complexity index is 514. The van der Waals surface area contributed by atoms with Crippen molar-refractivity contribution >= 4 is 29.9 Å². The van der Waals surface area contributed by atoms with Crippen LogP contribution < -0.4 is 10.6 Å². The zero-order chi connectivity index (χ0) is 13.9. The first-order valence-corrected chi connectivity index (χ1v) is 6.98. The van der Waals surface area contributed by atoms with Crippen molar-refractivity contribution in [3.63, 3.8) is 0 Å². The molecule has 3 rings (SSSR count). The Morgan fingerprint density at radius 1 is 1.52 bits per heavy atom. The van der Waals surface area contributed by atoms with Crippen molar-refractivity contribution in [2.24, 2.45) is 4.99 Å². The van der Waals surface area contributed by atoms with Crippen LogP contribution in [0, 0.1) is 5.82 Å². The van der Waals surface area contributed by atoms with E-state index in [9.17, 15) is 4.39 Å². The first kappa shape index (κ1) is 16.4. The second-order valence-corrected chi connectivity index (χ2v) is 5.22. The Morgan fingerprint density at radius 3 is 3.00 bits per heavy atom. The second-order valence-electron chi connectivity index (χ2n) is 5.22. The smallest absolute Gasteiger partial charge is 0.191 e. The molecule has 0 spiro atoms. The zero-order valence-electron chi connectivity index (χ0n) is 11.9. The molecule has 0 radical (unpaired) electrons. The molecule has 0 aliphatic carbocycles. The lowest BCUT2D eigenvalue weighted by atomic mass is 9.96. The minimum atomic E-state index is -0.307. The second kappa shape index (κ2) is 7.35. The lowest BCUT2D eigenvalue weighted by Crippen LogP contribution is -2.47. The molecule has 3 heterocycles. The summed E-state index contributed by atoms with van der Waals surface area (Å²) in [5.74, 6) is 0.356. The van der Waals surface area contributed by atoms with E-state index in [1.165, 1.54) is 6.07 Å². The van der Waals surface area contributed by atoms with Gasteiger partial charge in [0.2, 0.25) is 0 Å². The van der Waals surface area contributed by atoms with Crippen molar-refractivity contribution in [3.8, 4) is 0 Å². The van der Waals surface area contributed by atoms with Gasteiger partial charge in [-0.05, 0) is 31.4 Å². The van der Waals surface area contributed by atoms with Crippen molar-refractivity contribution in [1.82, 2.24) is 15.6 Å². The minimum Gasteiger partial charge on any atom is -0.373 e. The molecule has 5 nitrogen and oxygen atoms in total. The monoisotopic (exact) mass is 406 g/mol. The highest BCUT2D eigenvalue weighted by atomic mass is 127. The summed E-state index contributed by atoms with van der Waals surface area (Å²) in [4.78, 5) is 8.18. The Morgan fingerprint density at radius 2 is 2.38 bits per heavy atom. The average Bonchev–Trinajstić information content (AvgIpc) is 3.07. The summed E-state index contributed by atoms with van der Waals surface area (Å²) >= 11 is 0. The van der Waals surface area contributed by atoms with E-state index >= 15 is 0 Å². The normalized spacial score (nSPS) is 27.3. The Labute approximate surface area is 140 Å². The SMILES string of the molecule is CN=C(NCc1ncccc1F)NC1CC2CCC1O2.I. The van der Waals surface area contributed by atoms with Crippen LogP contribution in [-0.2, 0) is 11.3 Å². The summed E-state index contributed by atoms with van der Waals surface area (Å²) in [5, 5.41) is 6.44. The molecule has 21 heavy (non-hydrogen) atoms. The predicted molar refractivity (Wildman–Crippen MR) is 89.2 cm³/mol. The highest BCUT2D eigenvalue weighted by molar-refractivity contribution is 14.0. The van der Waals surface area contributed by atoms with Crippen molar-refractivity contribution in [3.05, 3.63) is 29.8 Å². The fourth-order valence-corrected chi connectivity index (χ4v) is 2.88. The van der Waals surface area contributed by atoms with Gasteiger partial charge in [-0.1, -0.05) is 0 Å². The van der Waals surface area contributed by atoms with Gasteiger partial charge in [-0.25, -0.2) is 4.39 Å². The van der Waals surface area contributed by atoms with Crippen LogP contribution in [0.3, 0.4) is 0 Å². The number of rotatable bonds is 3. The van der Waals surface area contributed by atoms with E-state index in [-0.39, 0.29) is 35.9 Å². The standard InChI is InChI=1S/C14H19FN4O.HI/c1-16-14(18-8-12-10(15)3-2-6-17-12)19-11-7-9-4-5-13(11)20-9;/h2-3,6,9,11,13H,4-5,7-8H2,1H3,(H2,16,18,19);1H. The van der Waals surface area contributed by atoms with Crippen LogP contribution in [0.5, 0.6) is 0 Å². The van der Waals surface area contributed by atoms with Gasteiger partial charge in [-0.3, -0.25) is 9.98 Å². The summed E-state index contributed by atoms with van der Waals surface area (Å²) in [6, 6.07) is 3.29. The molecule has 2 aliphatic heterocycles. The highest BCUT2D eigenvalue weighted by Crippen LogP contribution is 2.34. The number of nitrogens with zero attached hydrogens (tertiary/aromatic N) is 2. The topological polar surface area (TPSA) is 58.5 Å². The van der Waals surface area contributed by atoms with E-state index in [0.29, 0.717) is 30.3 Å². The summed E-state index contributed by atoms with van der Waals surface area (Å²) in [6.45, 7) is 0.314. The number of guanidine groups is 1. The number of nitrogens with one attached hydrogen (secondary N) is 2. The van der Waals surface area contributed by atoms with E-state index in [1.807, 2.05) is 0 Å². The van der Waals surface area contributed by atoms with E-state index < -0.39 is 0 Å². The Balaban J connectivity index is 0.00000161. The van der Waals surface area contributed by atoms with E-state index in [0.717, 1.165) is 19.3 Å². The largest absolute Gasteiger partial charge is 0.373 e. The summed E-state index contributed by atoms with van der Waals surface area (Å²) in [6.07, 6.45) is 5.54. The van der Waals surface area contributed by atoms with Crippen molar-refractivity contribution < 1.29 is 9.13 Å². The van der Waals surface area contributed by atoms with Crippen LogP contribution in [-0.4, -0.2) is 36.2 Å². The highest BCUT2D eigenvalue weighted by Gasteiger charge is 2.41. The van der Waals surface area contributed by atoms with Gasteiger partial charge in [0.05, 0.1) is 30.5 Å². The minimum absolute atomic E-state index is 0. The average molecular weight is 406 g/mol. The summed E-state index contributed by atoms with van der Waals surface area (Å²) < 4.78 is 19.3. The maximum Gasteiger partial charge on any atom is 0.191 e. The number of hydrogen-bond donors (Lipinski definition) is 2. The molecule has 7 heteroatoms. The van der Waals surface area contributed by atoms with E-state index in [2.05, 4.69) is 20.6 Å². The van der Waals surface area contributed by atoms with Gasteiger partial charge in [0.1, 0.15) is 5.82 Å². The number of aliphatic imine (C=N–C) groups is 1. The van der Waals surface area contributed by atoms with Crippen LogP contribution in [0.1, 0.15) is 25.0 Å². The molecule has 0 amide bonds.